The molecular weight excluding hydrogens is 644 g/mol. The molecule has 0 heterocycles. The van der Waals surface area contributed by atoms with E-state index in [9.17, 15) is 14.4 Å². The molecule has 2 atom stereocenters. The number of hydrogen-bond donors (Lipinski definition) is 3. The summed E-state index contributed by atoms with van der Waals surface area (Å²) >= 11 is 31.9. The van der Waals surface area contributed by atoms with Gasteiger partial charge in [-0.05, 0) is 87.4 Å². The van der Waals surface area contributed by atoms with Crippen molar-refractivity contribution in [3.05, 3.63) is 86.4 Å². The predicted octanol–water partition coefficient (Wildman–Crippen LogP) is 9.12. The minimum Gasteiger partial charge on any atom is -0.444 e. The Kier molecular flexibility index (Phi) is 9.31. The van der Waals surface area contributed by atoms with Crippen LogP contribution in [0.25, 0.3) is 0 Å². The lowest BCUT2D eigenvalue weighted by Gasteiger charge is -2.20. The summed E-state index contributed by atoms with van der Waals surface area (Å²) < 4.78 is 3.91. The summed E-state index contributed by atoms with van der Waals surface area (Å²) in [5, 5.41) is 9.66. The van der Waals surface area contributed by atoms with E-state index in [1.165, 1.54) is 0 Å². The van der Waals surface area contributed by atoms with Gasteiger partial charge in [-0.25, -0.2) is 4.79 Å². The molecule has 1 fully saturated rings. The van der Waals surface area contributed by atoms with Crippen LogP contribution in [0, 0.1) is 12.3 Å². The van der Waals surface area contributed by atoms with Crippen molar-refractivity contribution in [2.24, 2.45) is 5.41 Å². The number of benzene rings is 3. The molecule has 0 aliphatic heterocycles. The summed E-state index contributed by atoms with van der Waals surface area (Å²) in [6.45, 7) is 7.18. The van der Waals surface area contributed by atoms with Crippen molar-refractivity contribution in [1.29, 1.82) is 0 Å². The first kappa shape index (κ1) is 32.2. The van der Waals surface area contributed by atoms with E-state index in [-0.39, 0.29) is 17.1 Å². The Hall–Kier alpha value is -2.68. The Labute approximate surface area is 269 Å². The zero-order valence-corrected chi connectivity index (χ0v) is 26.9. The first-order valence-electron chi connectivity index (χ1n) is 12.8. The average molecular weight is 672 g/mol. The molecule has 3 aromatic rings. The van der Waals surface area contributed by atoms with Crippen LogP contribution in [0.4, 0.5) is 21.9 Å². The quantitative estimate of drug-likeness (QED) is 0.164. The number of halogens is 5. The number of rotatable bonds is 8. The van der Waals surface area contributed by atoms with Crippen LogP contribution in [0.3, 0.4) is 0 Å². The number of ether oxygens (including phenoxy) is 1. The zero-order chi connectivity index (χ0) is 31.0. The van der Waals surface area contributed by atoms with Crippen molar-refractivity contribution >= 4 is 93.4 Å². The molecule has 1 aliphatic carbocycles. The molecule has 1 saturated carbocycles. The molecule has 0 saturated heterocycles. The van der Waals surface area contributed by atoms with E-state index in [0.29, 0.717) is 32.7 Å². The fourth-order valence-electron chi connectivity index (χ4n) is 4.64. The van der Waals surface area contributed by atoms with Crippen molar-refractivity contribution < 1.29 is 19.1 Å². The van der Waals surface area contributed by atoms with Crippen LogP contribution >= 0.6 is 58.0 Å². The van der Waals surface area contributed by atoms with Crippen LogP contribution in [0.2, 0.25) is 15.1 Å². The molecule has 0 bridgehead atoms. The minimum atomic E-state index is -1.40. The second-order valence-electron chi connectivity index (χ2n) is 11.1. The Morgan fingerprint density at radius 3 is 2.19 bits per heavy atom. The maximum atomic E-state index is 13.2. The lowest BCUT2D eigenvalue weighted by molar-refractivity contribution is -0.112. The van der Waals surface area contributed by atoms with E-state index in [1.807, 2.05) is 6.92 Å². The number of aryl methyl sites for hydroxylation is 1. The number of anilines is 3. The topological polar surface area (TPSA) is 96.5 Å². The van der Waals surface area contributed by atoms with Gasteiger partial charge < -0.3 is 20.2 Å². The van der Waals surface area contributed by atoms with Crippen molar-refractivity contribution in [3.63, 3.8) is 0 Å². The molecule has 0 spiro atoms. The summed E-state index contributed by atoms with van der Waals surface area (Å²) in [5.74, 6) is -1.04. The molecule has 222 valence electrons. The third-order valence-electron chi connectivity index (χ3n) is 6.77. The van der Waals surface area contributed by atoms with Gasteiger partial charge in [0.2, 0.25) is 0 Å². The Morgan fingerprint density at radius 2 is 1.57 bits per heavy atom. The van der Waals surface area contributed by atoms with Gasteiger partial charge in [0.15, 0.2) is 0 Å². The lowest BCUT2D eigenvalue weighted by atomic mass is 10.00. The van der Waals surface area contributed by atoms with E-state index in [2.05, 4.69) is 16.0 Å². The highest BCUT2D eigenvalue weighted by molar-refractivity contribution is 6.54. The predicted molar refractivity (Wildman–Crippen MR) is 171 cm³/mol. The number of amides is 2. The fourth-order valence-corrected chi connectivity index (χ4v) is 6.36. The maximum absolute atomic E-state index is 13.2. The van der Waals surface area contributed by atoms with Crippen molar-refractivity contribution in [2.45, 2.75) is 43.5 Å². The Balaban J connectivity index is 1.49. The van der Waals surface area contributed by atoms with Crippen LogP contribution < -0.4 is 16.0 Å². The van der Waals surface area contributed by atoms with Gasteiger partial charge in [0, 0.05) is 39.6 Å². The molecule has 12 heteroatoms. The molecule has 1 aliphatic rings. The summed E-state index contributed by atoms with van der Waals surface area (Å²) in [4.78, 5) is 37.8. The molecule has 3 aromatic carbocycles. The maximum Gasteiger partial charge on any atom is 0.412 e. The molecule has 2 amide bonds. The molecule has 4 rings (SSSR count). The summed E-state index contributed by atoms with van der Waals surface area (Å²) in [5.41, 5.74) is 1.19. The largest absolute Gasteiger partial charge is 0.444 e. The summed E-state index contributed by atoms with van der Waals surface area (Å²) in [7, 11) is 0. The highest BCUT2D eigenvalue weighted by atomic mass is 35.5. The van der Waals surface area contributed by atoms with Gasteiger partial charge in [0.25, 0.3) is 5.91 Å². The zero-order valence-electron chi connectivity index (χ0n) is 23.1. The van der Waals surface area contributed by atoms with E-state index in [1.54, 1.807) is 75.4 Å². The highest BCUT2D eigenvalue weighted by Gasteiger charge is 2.76. The molecule has 42 heavy (non-hydrogen) atoms. The van der Waals surface area contributed by atoms with E-state index in [4.69, 9.17) is 62.7 Å². The van der Waals surface area contributed by atoms with Gasteiger partial charge in [0.05, 0.1) is 16.0 Å². The standard InChI is InChI=1S/C30H28Cl5N3O4/c1-16-5-6-21(13-24(16)38-27(41)42-28(2,3)4)37-26(40)22-12-20(7-8-23(22)33)36-14-29(15-39)25(30(29,34)35)17-9-18(31)11-19(32)10-17/h5-13,15,25,36H,14H2,1-4H3,(H,37,40)(H,38,41). The van der Waals surface area contributed by atoms with Gasteiger partial charge in [0.1, 0.15) is 16.2 Å². The Morgan fingerprint density at radius 1 is 0.929 bits per heavy atom. The van der Waals surface area contributed by atoms with Gasteiger partial charge in [-0.1, -0.05) is 64.1 Å². The third kappa shape index (κ3) is 6.92. The Bertz CT molecular complexity index is 1540. The second kappa shape index (κ2) is 12.1. The van der Waals surface area contributed by atoms with Crippen LogP contribution in [0.15, 0.2) is 54.6 Å². The van der Waals surface area contributed by atoms with Crippen LogP contribution in [-0.2, 0) is 9.53 Å². The number of hydrogen-bond acceptors (Lipinski definition) is 5. The smallest absolute Gasteiger partial charge is 0.412 e. The van der Waals surface area contributed by atoms with Gasteiger partial charge in [-0.2, -0.15) is 0 Å². The molecule has 0 radical (unpaired) electrons. The van der Waals surface area contributed by atoms with E-state index in [0.717, 1.165) is 11.8 Å². The monoisotopic (exact) mass is 669 g/mol. The van der Waals surface area contributed by atoms with Gasteiger partial charge in [-0.3, -0.25) is 10.1 Å². The second-order valence-corrected chi connectivity index (χ2v) is 13.7. The number of aldehydes is 1. The number of carbonyl (C=O) groups excluding carboxylic acids is 3. The lowest BCUT2D eigenvalue weighted by Crippen LogP contribution is -2.27. The molecule has 2 unspecified atom stereocenters. The average Bonchev–Trinajstić information content (AvgIpc) is 3.38. The summed E-state index contributed by atoms with van der Waals surface area (Å²) in [6.07, 6.45) is 0.113. The molecule has 7 nitrogen and oxygen atoms in total. The van der Waals surface area contributed by atoms with Crippen molar-refractivity contribution in [1.82, 2.24) is 0 Å². The first-order chi connectivity index (χ1) is 19.6. The van der Waals surface area contributed by atoms with E-state index < -0.39 is 33.3 Å². The van der Waals surface area contributed by atoms with Crippen LogP contribution in [0.1, 0.15) is 48.2 Å². The SMILES string of the molecule is Cc1ccc(NC(=O)c2cc(NCC3(C=O)C(c4cc(Cl)cc(Cl)c4)C3(Cl)Cl)ccc2Cl)cc1NC(=O)OC(C)(C)C. The van der Waals surface area contributed by atoms with Gasteiger partial charge >= 0.3 is 6.09 Å². The summed E-state index contributed by atoms with van der Waals surface area (Å²) in [6, 6.07) is 14.8. The van der Waals surface area contributed by atoms with E-state index >= 15 is 0 Å². The number of alkyl halides is 2. The minimum absolute atomic E-state index is 0.0681. The van der Waals surface area contributed by atoms with Gasteiger partial charge in [-0.15, -0.1) is 0 Å². The first-order valence-corrected chi connectivity index (χ1v) is 14.7. The van der Waals surface area contributed by atoms with Crippen LogP contribution in [0.5, 0.6) is 0 Å². The normalized spacial score (nSPS) is 19.0. The highest BCUT2D eigenvalue weighted by Crippen LogP contribution is 2.73. The van der Waals surface area contributed by atoms with Crippen molar-refractivity contribution in [3.8, 4) is 0 Å². The number of nitrogens with one attached hydrogen (secondary N) is 3. The molecule has 0 aromatic heterocycles. The number of carbonyl (C=O) groups is 3. The van der Waals surface area contributed by atoms with Crippen molar-refractivity contribution in [2.75, 3.05) is 22.5 Å². The third-order valence-corrected chi connectivity index (χ3v) is 8.68. The molecular formula is C30H28Cl5N3O4. The molecule has 3 N–H and O–H groups in total. The van der Waals surface area contributed by atoms with Crippen LogP contribution in [-0.4, -0.2) is 34.8 Å². The fraction of sp³-hybridized carbons (Fsp3) is 0.300.